The number of rotatable bonds is 6. The third-order valence-corrected chi connectivity index (χ3v) is 14.9. The Morgan fingerprint density at radius 2 is 0.863 bits per heavy atom. The Balaban J connectivity index is 1.43. The number of para-hydroxylation sites is 3. The molecule has 2 nitrogen and oxygen atoms in total. The molecular formula is C48H34N2Si. The summed E-state index contributed by atoms with van der Waals surface area (Å²) in [5.41, 5.74) is 3.53. The zero-order valence-electron chi connectivity index (χ0n) is 35.4. The van der Waals surface area contributed by atoms with Crippen LogP contribution in [-0.2, 0) is 0 Å². The summed E-state index contributed by atoms with van der Waals surface area (Å²) in [6.45, 7) is 0. The fourth-order valence-electron chi connectivity index (χ4n) is 8.08. The van der Waals surface area contributed by atoms with Crippen LogP contribution in [-0.4, -0.2) is 17.2 Å². The molecule has 3 heteroatoms. The first kappa shape index (κ1) is 22.3. The Morgan fingerprint density at radius 3 is 1.41 bits per heavy atom. The van der Waals surface area contributed by atoms with Crippen molar-refractivity contribution < 1.29 is 11.0 Å². The monoisotopic (exact) mass is 674 g/mol. The summed E-state index contributed by atoms with van der Waals surface area (Å²) < 4.78 is 74.7. The molecule has 0 unspecified atom stereocenters. The van der Waals surface area contributed by atoms with Gasteiger partial charge in [0.2, 0.25) is 0 Å². The first-order valence-corrected chi connectivity index (χ1v) is 19.0. The summed E-state index contributed by atoms with van der Waals surface area (Å²) in [7, 11) is -3.12. The SMILES string of the molecule is [2H]c1c([2H])c([2H])c2c(c1[2H])c1c([2H])c([2H])c([2H])c([2H])c1n2-c1ccc2c(c1)c1c([Si](c3ccccc3)(c3ccccc3)c3ccccc3)cccc1n2-c1ccccc1. The van der Waals surface area contributed by atoms with Crippen molar-refractivity contribution in [2.24, 2.45) is 0 Å². The Kier molecular flexibility index (Phi) is 5.20. The zero-order valence-corrected chi connectivity index (χ0v) is 28.4. The van der Waals surface area contributed by atoms with Gasteiger partial charge in [0.1, 0.15) is 0 Å². The van der Waals surface area contributed by atoms with Gasteiger partial charge < -0.3 is 9.13 Å². The van der Waals surface area contributed by atoms with Crippen LogP contribution in [0.5, 0.6) is 0 Å². The number of aromatic nitrogens is 2. The van der Waals surface area contributed by atoms with Crippen LogP contribution in [0.2, 0.25) is 0 Å². The molecule has 0 aliphatic heterocycles. The van der Waals surface area contributed by atoms with Crippen LogP contribution in [0.15, 0.2) is 206 Å². The molecule has 0 aliphatic carbocycles. The molecule has 0 fully saturated rings. The molecule has 2 heterocycles. The molecule has 0 atom stereocenters. The normalized spacial score (nSPS) is 14.1. The van der Waals surface area contributed by atoms with E-state index in [9.17, 15) is 2.74 Å². The minimum absolute atomic E-state index is 0.0501. The van der Waals surface area contributed by atoms with Crippen molar-refractivity contribution in [3.8, 4) is 11.4 Å². The lowest BCUT2D eigenvalue weighted by molar-refractivity contribution is 1.17. The van der Waals surface area contributed by atoms with Gasteiger partial charge in [-0.2, -0.15) is 0 Å². The molecular weight excluding hydrogens is 633 g/mol. The molecule has 0 amide bonds. The van der Waals surface area contributed by atoms with Gasteiger partial charge in [-0.05, 0) is 69.2 Å². The second-order valence-corrected chi connectivity index (χ2v) is 16.5. The van der Waals surface area contributed by atoms with E-state index >= 15 is 0 Å². The van der Waals surface area contributed by atoms with Crippen LogP contribution in [0.3, 0.4) is 0 Å². The van der Waals surface area contributed by atoms with E-state index < -0.39 is 32.2 Å². The van der Waals surface area contributed by atoms with Gasteiger partial charge in [-0.1, -0.05) is 158 Å². The van der Waals surface area contributed by atoms with E-state index in [-0.39, 0.29) is 46.0 Å². The molecule has 2 aromatic heterocycles. The second-order valence-electron chi connectivity index (χ2n) is 12.7. The highest BCUT2D eigenvalue weighted by Crippen LogP contribution is 2.37. The summed E-state index contributed by atoms with van der Waals surface area (Å²) in [5.74, 6) is 0. The maximum atomic E-state index is 9.18. The van der Waals surface area contributed by atoms with Crippen molar-refractivity contribution >= 4 is 72.4 Å². The standard InChI is InChI=1S/C48H34N2Si/c1-5-18-35(19-6-1)49-45-33-32-36(50-43-28-15-13-26-40(43)41-27-14-16-29-44(41)50)34-42(45)48-46(49)30-17-31-47(48)51(37-20-7-2-8-21-37,38-22-9-3-10-23-38)39-24-11-4-12-25-39/h1-34H/i13D,14D,15D,16D,26D,27D,28D,29D. The third-order valence-electron chi connectivity index (χ3n) is 10.1. The number of hydrogen-bond donors (Lipinski definition) is 0. The maximum absolute atomic E-state index is 9.18. The Labute approximate surface area is 309 Å². The van der Waals surface area contributed by atoms with Crippen LogP contribution in [0.25, 0.3) is 55.0 Å². The first-order valence-electron chi connectivity index (χ1n) is 21.0. The second kappa shape index (κ2) is 11.9. The van der Waals surface area contributed by atoms with E-state index in [1.165, 1.54) is 15.6 Å². The largest absolute Gasteiger partial charge is 0.309 e. The Hall–Kier alpha value is -6.42. The Morgan fingerprint density at radius 1 is 0.373 bits per heavy atom. The van der Waals surface area contributed by atoms with E-state index in [0.717, 1.165) is 32.7 Å². The predicted octanol–water partition coefficient (Wildman–Crippen LogP) is 9.26. The number of nitrogens with zero attached hydrogens (tertiary/aromatic N) is 2. The number of benzene rings is 8. The predicted molar refractivity (Wildman–Crippen MR) is 219 cm³/mol. The van der Waals surface area contributed by atoms with Gasteiger partial charge >= 0.3 is 0 Å². The quantitative estimate of drug-likeness (QED) is 0.123. The molecule has 0 saturated carbocycles. The molecule has 240 valence electrons. The lowest BCUT2D eigenvalue weighted by atomic mass is 10.1. The molecule has 0 saturated heterocycles. The van der Waals surface area contributed by atoms with Crippen LogP contribution >= 0.6 is 0 Å². The summed E-state index contributed by atoms with van der Waals surface area (Å²) in [6.07, 6.45) is 0. The lowest BCUT2D eigenvalue weighted by Crippen LogP contribution is -2.74. The minimum atomic E-state index is -3.12. The van der Waals surface area contributed by atoms with Gasteiger partial charge in [-0.15, -0.1) is 0 Å². The van der Waals surface area contributed by atoms with Gasteiger partial charge in [0.15, 0.2) is 8.07 Å². The highest BCUT2D eigenvalue weighted by Gasteiger charge is 2.43. The molecule has 0 spiro atoms. The smallest absolute Gasteiger partial charge is 0.180 e. The molecule has 10 aromatic rings. The van der Waals surface area contributed by atoms with Crippen LogP contribution in [0.1, 0.15) is 11.0 Å². The summed E-state index contributed by atoms with van der Waals surface area (Å²) in [4.78, 5) is 0. The van der Waals surface area contributed by atoms with Gasteiger partial charge in [-0.3, -0.25) is 0 Å². The van der Waals surface area contributed by atoms with Crippen LogP contribution in [0.4, 0.5) is 0 Å². The van der Waals surface area contributed by atoms with Crippen molar-refractivity contribution in [2.75, 3.05) is 0 Å². The zero-order chi connectivity index (χ0) is 40.7. The molecule has 0 bridgehead atoms. The minimum Gasteiger partial charge on any atom is -0.309 e. The Bertz CT molecular complexity index is 3120. The molecule has 0 radical (unpaired) electrons. The van der Waals surface area contributed by atoms with Crippen molar-refractivity contribution in [1.29, 1.82) is 0 Å². The summed E-state index contributed by atoms with van der Waals surface area (Å²) >= 11 is 0. The summed E-state index contributed by atoms with van der Waals surface area (Å²) in [6, 6.07) is 51.5. The number of fused-ring (bicyclic) bond motifs is 6. The average Bonchev–Trinajstić information content (AvgIpc) is 3.82. The van der Waals surface area contributed by atoms with Crippen molar-refractivity contribution in [2.45, 2.75) is 0 Å². The van der Waals surface area contributed by atoms with Gasteiger partial charge in [-0.25, -0.2) is 0 Å². The van der Waals surface area contributed by atoms with E-state index in [4.69, 9.17) is 8.22 Å². The lowest BCUT2D eigenvalue weighted by Gasteiger charge is -2.35. The third kappa shape index (κ3) is 4.42. The molecule has 0 aliphatic rings. The highest BCUT2D eigenvalue weighted by molar-refractivity contribution is 7.20. The van der Waals surface area contributed by atoms with Crippen LogP contribution in [0, 0.1) is 0 Å². The van der Waals surface area contributed by atoms with Crippen LogP contribution < -0.4 is 20.7 Å². The van der Waals surface area contributed by atoms with Crippen molar-refractivity contribution in [3.63, 3.8) is 0 Å². The maximum Gasteiger partial charge on any atom is 0.180 e. The van der Waals surface area contributed by atoms with Gasteiger partial charge in [0.25, 0.3) is 0 Å². The number of hydrogen-bond acceptors (Lipinski definition) is 0. The van der Waals surface area contributed by atoms with E-state index in [0.29, 0.717) is 5.69 Å². The molecule has 0 N–H and O–H groups in total. The summed E-state index contributed by atoms with van der Waals surface area (Å²) in [5, 5.41) is 6.77. The van der Waals surface area contributed by atoms with E-state index in [1.807, 2.05) is 54.6 Å². The highest BCUT2D eigenvalue weighted by atomic mass is 28.3. The van der Waals surface area contributed by atoms with Crippen molar-refractivity contribution in [1.82, 2.24) is 9.13 Å². The van der Waals surface area contributed by atoms with Gasteiger partial charge in [0.05, 0.1) is 33.0 Å². The van der Waals surface area contributed by atoms with E-state index in [1.54, 1.807) is 4.57 Å². The molecule has 8 aromatic carbocycles. The topological polar surface area (TPSA) is 9.86 Å². The molecule has 51 heavy (non-hydrogen) atoms. The first-order chi connectivity index (χ1) is 28.7. The van der Waals surface area contributed by atoms with E-state index in [2.05, 4.69) is 108 Å². The van der Waals surface area contributed by atoms with Crippen molar-refractivity contribution in [3.05, 3.63) is 206 Å². The van der Waals surface area contributed by atoms with Gasteiger partial charge in [0, 0.05) is 32.9 Å². The molecule has 10 rings (SSSR count). The average molecular weight is 675 g/mol. The fourth-order valence-corrected chi connectivity index (χ4v) is 13.1. The fraction of sp³-hybridized carbons (Fsp3) is 0.